The molecule has 3 N–H and O–H groups in total. The lowest BCUT2D eigenvalue weighted by atomic mass is 9.81. The average molecular weight is 291 g/mol. The predicted molar refractivity (Wildman–Crippen MR) is 87.9 cm³/mol. The van der Waals surface area contributed by atoms with Gasteiger partial charge in [0.1, 0.15) is 0 Å². The lowest BCUT2D eigenvalue weighted by Gasteiger charge is -2.31. The smallest absolute Gasteiger partial charge is 0.227 e. The van der Waals surface area contributed by atoms with E-state index in [1.54, 1.807) is 0 Å². The van der Waals surface area contributed by atoms with Crippen molar-refractivity contribution in [2.45, 2.75) is 32.7 Å². The van der Waals surface area contributed by atoms with Crippen molar-refractivity contribution < 1.29 is 4.79 Å². The Morgan fingerprint density at radius 2 is 1.81 bits per heavy atom. The van der Waals surface area contributed by atoms with Gasteiger partial charge in [-0.25, -0.2) is 0 Å². The summed E-state index contributed by atoms with van der Waals surface area (Å²) in [7, 11) is 4.05. The maximum absolute atomic E-state index is 12.5. The van der Waals surface area contributed by atoms with Crippen LogP contribution in [0, 0.1) is 5.41 Å². The van der Waals surface area contributed by atoms with Gasteiger partial charge in [-0.3, -0.25) is 4.79 Å². The minimum atomic E-state index is -0.437. The summed E-state index contributed by atoms with van der Waals surface area (Å²) in [5.74, 6) is 0.0674. The van der Waals surface area contributed by atoms with Gasteiger partial charge in [0.25, 0.3) is 0 Å². The number of carbonyl (C=O) groups is 1. The molecule has 0 spiro atoms. The van der Waals surface area contributed by atoms with Gasteiger partial charge in [-0.05, 0) is 32.5 Å². The summed E-state index contributed by atoms with van der Waals surface area (Å²) in [5.41, 5.74) is 6.60. The van der Waals surface area contributed by atoms with Crippen LogP contribution in [0.4, 0.5) is 0 Å². The second-order valence-corrected chi connectivity index (χ2v) is 5.79. The number of benzene rings is 1. The summed E-state index contributed by atoms with van der Waals surface area (Å²) < 4.78 is 0. The topological polar surface area (TPSA) is 58.4 Å². The Labute approximate surface area is 128 Å². The molecule has 0 saturated heterocycles. The third kappa shape index (κ3) is 4.29. The van der Waals surface area contributed by atoms with E-state index >= 15 is 0 Å². The molecule has 0 bridgehead atoms. The normalized spacial score (nSPS) is 13.2. The fraction of sp³-hybridized carbons (Fsp3) is 0.588. The van der Waals surface area contributed by atoms with E-state index < -0.39 is 5.41 Å². The summed E-state index contributed by atoms with van der Waals surface area (Å²) in [6, 6.07) is 10.4. The van der Waals surface area contributed by atoms with Gasteiger partial charge in [0.2, 0.25) is 5.91 Å². The van der Waals surface area contributed by atoms with Gasteiger partial charge in [0.05, 0.1) is 11.5 Å². The third-order valence-corrected chi connectivity index (χ3v) is 4.49. The summed E-state index contributed by atoms with van der Waals surface area (Å²) in [4.78, 5) is 14.6. The van der Waals surface area contributed by atoms with Crippen LogP contribution in [0.1, 0.15) is 38.3 Å². The highest BCUT2D eigenvalue weighted by atomic mass is 16.2. The van der Waals surface area contributed by atoms with E-state index in [0.717, 1.165) is 12.8 Å². The van der Waals surface area contributed by atoms with Crippen molar-refractivity contribution >= 4 is 5.91 Å². The minimum Gasteiger partial charge on any atom is -0.354 e. The van der Waals surface area contributed by atoms with Crippen LogP contribution < -0.4 is 11.1 Å². The molecule has 0 aromatic heterocycles. The van der Waals surface area contributed by atoms with Crippen LogP contribution in [0.25, 0.3) is 0 Å². The van der Waals surface area contributed by atoms with Crippen LogP contribution in [0.2, 0.25) is 0 Å². The molecule has 4 nitrogen and oxygen atoms in total. The number of nitrogens with two attached hydrogens (primary N) is 1. The van der Waals surface area contributed by atoms with E-state index in [-0.39, 0.29) is 11.9 Å². The highest BCUT2D eigenvalue weighted by molar-refractivity contribution is 5.82. The molecule has 0 radical (unpaired) electrons. The van der Waals surface area contributed by atoms with Gasteiger partial charge in [-0.1, -0.05) is 44.2 Å². The molecule has 1 amide bonds. The Kier molecular flexibility index (Phi) is 6.85. The molecule has 1 unspecified atom stereocenters. The zero-order valence-corrected chi connectivity index (χ0v) is 13.7. The summed E-state index contributed by atoms with van der Waals surface area (Å²) in [5, 5.41) is 3.10. The molecule has 0 fully saturated rings. The van der Waals surface area contributed by atoms with E-state index in [9.17, 15) is 4.79 Å². The molecule has 0 heterocycles. The molecule has 118 valence electrons. The van der Waals surface area contributed by atoms with E-state index in [0.29, 0.717) is 13.1 Å². The van der Waals surface area contributed by atoms with E-state index in [2.05, 4.69) is 22.3 Å². The standard InChI is InChI=1S/C17H29N3O/c1-5-17(6-2,13-18)16(21)19-12-15(20(3)4)14-10-8-7-9-11-14/h7-11,15H,5-6,12-13,18H2,1-4H3,(H,19,21). The molecule has 0 aliphatic carbocycles. The van der Waals surface area contributed by atoms with Crippen LogP contribution in [-0.4, -0.2) is 38.0 Å². The van der Waals surface area contributed by atoms with Gasteiger partial charge in [0, 0.05) is 13.1 Å². The first-order valence-corrected chi connectivity index (χ1v) is 7.70. The molecule has 1 atom stereocenters. The first-order valence-electron chi connectivity index (χ1n) is 7.70. The van der Waals surface area contributed by atoms with Gasteiger partial charge in [-0.2, -0.15) is 0 Å². The molecule has 1 rings (SSSR count). The van der Waals surface area contributed by atoms with Crippen LogP contribution >= 0.6 is 0 Å². The van der Waals surface area contributed by atoms with Crippen molar-refractivity contribution in [3.63, 3.8) is 0 Å². The van der Waals surface area contributed by atoms with Gasteiger partial charge in [-0.15, -0.1) is 0 Å². The quantitative estimate of drug-likeness (QED) is 0.772. The highest BCUT2D eigenvalue weighted by Crippen LogP contribution is 2.25. The number of hydrogen-bond acceptors (Lipinski definition) is 3. The monoisotopic (exact) mass is 291 g/mol. The minimum absolute atomic E-state index is 0.0674. The first-order chi connectivity index (χ1) is 10.0. The van der Waals surface area contributed by atoms with Crippen molar-refractivity contribution in [2.24, 2.45) is 11.1 Å². The number of amides is 1. The van der Waals surface area contributed by atoms with Crippen molar-refractivity contribution in [2.75, 3.05) is 27.2 Å². The van der Waals surface area contributed by atoms with Gasteiger partial charge >= 0.3 is 0 Å². The lowest BCUT2D eigenvalue weighted by molar-refractivity contribution is -0.131. The number of nitrogens with one attached hydrogen (secondary N) is 1. The summed E-state index contributed by atoms with van der Waals surface area (Å²) in [6.07, 6.45) is 1.54. The molecule has 1 aromatic rings. The first kappa shape index (κ1) is 17.7. The summed E-state index contributed by atoms with van der Waals surface area (Å²) >= 11 is 0. The van der Waals surface area contributed by atoms with Gasteiger partial charge < -0.3 is 16.0 Å². The number of hydrogen-bond donors (Lipinski definition) is 2. The number of likely N-dealkylation sites (N-methyl/N-ethyl adjacent to an activating group) is 1. The summed E-state index contributed by atoms with van der Waals surface area (Å²) in [6.45, 7) is 5.04. The molecular formula is C17H29N3O. The number of rotatable bonds is 8. The Hall–Kier alpha value is -1.39. The lowest BCUT2D eigenvalue weighted by Crippen LogP contribution is -2.47. The molecule has 0 saturated carbocycles. The van der Waals surface area contributed by atoms with Crippen molar-refractivity contribution in [1.82, 2.24) is 10.2 Å². The highest BCUT2D eigenvalue weighted by Gasteiger charge is 2.33. The zero-order chi connectivity index (χ0) is 15.9. The van der Waals surface area contributed by atoms with Crippen molar-refractivity contribution in [3.8, 4) is 0 Å². The van der Waals surface area contributed by atoms with Crippen LogP contribution in [0.5, 0.6) is 0 Å². The number of nitrogens with zero attached hydrogens (tertiary/aromatic N) is 1. The maximum Gasteiger partial charge on any atom is 0.227 e. The van der Waals surface area contributed by atoms with E-state index in [1.807, 2.05) is 46.1 Å². The molecule has 0 aliphatic rings. The molecule has 4 heteroatoms. The Morgan fingerprint density at radius 1 is 1.24 bits per heavy atom. The SMILES string of the molecule is CCC(CC)(CN)C(=O)NCC(c1ccccc1)N(C)C. The Morgan fingerprint density at radius 3 is 2.24 bits per heavy atom. The average Bonchev–Trinajstić information content (AvgIpc) is 2.50. The Balaban J connectivity index is 2.77. The molecule has 1 aromatic carbocycles. The zero-order valence-electron chi connectivity index (χ0n) is 13.7. The van der Waals surface area contributed by atoms with E-state index in [4.69, 9.17) is 5.73 Å². The van der Waals surface area contributed by atoms with Crippen molar-refractivity contribution in [3.05, 3.63) is 35.9 Å². The molecular weight excluding hydrogens is 262 g/mol. The Bertz CT molecular complexity index is 419. The van der Waals surface area contributed by atoms with E-state index in [1.165, 1.54) is 5.56 Å². The largest absolute Gasteiger partial charge is 0.354 e. The van der Waals surface area contributed by atoms with Crippen molar-refractivity contribution in [1.29, 1.82) is 0 Å². The third-order valence-electron chi connectivity index (χ3n) is 4.49. The van der Waals surface area contributed by atoms with Gasteiger partial charge in [0.15, 0.2) is 0 Å². The fourth-order valence-corrected chi connectivity index (χ4v) is 2.60. The second-order valence-electron chi connectivity index (χ2n) is 5.79. The predicted octanol–water partition coefficient (Wildman–Crippen LogP) is 2.17. The molecule has 0 aliphatic heterocycles. The maximum atomic E-state index is 12.5. The van der Waals surface area contributed by atoms with Crippen LogP contribution in [0.3, 0.4) is 0 Å². The second kappa shape index (κ2) is 8.15. The van der Waals surface area contributed by atoms with Crippen LogP contribution in [-0.2, 0) is 4.79 Å². The fourth-order valence-electron chi connectivity index (χ4n) is 2.60. The number of carbonyl (C=O) groups excluding carboxylic acids is 1. The van der Waals surface area contributed by atoms with Crippen LogP contribution in [0.15, 0.2) is 30.3 Å². The molecule has 21 heavy (non-hydrogen) atoms.